The molecular weight excluding hydrogens is 240 g/mol. The third-order valence-electron chi connectivity index (χ3n) is 2.76. The van der Waals surface area contributed by atoms with Gasteiger partial charge in [-0.2, -0.15) is 0 Å². The van der Waals surface area contributed by atoms with Crippen molar-refractivity contribution in [2.75, 3.05) is 18.1 Å². The molecule has 0 spiro atoms. The Balaban J connectivity index is 1.91. The number of rotatable bonds is 4. The van der Waals surface area contributed by atoms with E-state index in [0.717, 1.165) is 5.56 Å². The van der Waals surface area contributed by atoms with Crippen LogP contribution in [-0.4, -0.2) is 12.6 Å². The molecule has 0 aliphatic heterocycles. The Morgan fingerprint density at radius 3 is 2.47 bits per heavy atom. The highest BCUT2D eigenvalue weighted by Crippen LogP contribution is 2.16. The van der Waals surface area contributed by atoms with Gasteiger partial charge in [-0.15, -0.1) is 0 Å². The van der Waals surface area contributed by atoms with Gasteiger partial charge in [-0.1, -0.05) is 30.3 Å². The Morgan fingerprint density at radius 2 is 1.79 bits per heavy atom. The lowest BCUT2D eigenvalue weighted by Gasteiger charge is -2.07. The summed E-state index contributed by atoms with van der Waals surface area (Å²) in [6.07, 6.45) is 0.682. The van der Waals surface area contributed by atoms with Gasteiger partial charge in [0.1, 0.15) is 0 Å². The van der Waals surface area contributed by atoms with Crippen LogP contribution in [0.5, 0.6) is 0 Å². The molecule has 0 radical (unpaired) electrons. The molecular formula is C15H16N2O2. The minimum absolute atomic E-state index is 0.326. The van der Waals surface area contributed by atoms with E-state index in [0.29, 0.717) is 30.0 Å². The lowest BCUT2D eigenvalue weighted by Crippen LogP contribution is -2.10. The van der Waals surface area contributed by atoms with Crippen molar-refractivity contribution in [1.29, 1.82) is 0 Å². The number of hydrogen-bond donors (Lipinski definition) is 2. The Hall–Kier alpha value is -2.49. The van der Waals surface area contributed by atoms with E-state index in [1.165, 1.54) is 0 Å². The Bertz CT molecular complexity index is 568. The van der Waals surface area contributed by atoms with E-state index < -0.39 is 5.97 Å². The highest BCUT2D eigenvalue weighted by Gasteiger charge is 2.10. The van der Waals surface area contributed by atoms with Crippen LogP contribution < -0.4 is 11.5 Å². The second-order valence-electron chi connectivity index (χ2n) is 4.22. The monoisotopic (exact) mass is 256 g/mol. The van der Waals surface area contributed by atoms with Gasteiger partial charge >= 0.3 is 5.97 Å². The van der Waals surface area contributed by atoms with Crippen LogP contribution in [0.1, 0.15) is 15.9 Å². The zero-order valence-electron chi connectivity index (χ0n) is 10.5. The topological polar surface area (TPSA) is 78.3 Å². The molecule has 0 fully saturated rings. The van der Waals surface area contributed by atoms with Crippen LogP contribution in [0.25, 0.3) is 0 Å². The summed E-state index contributed by atoms with van der Waals surface area (Å²) < 4.78 is 5.19. The van der Waals surface area contributed by atoms with Crippen LogP contribution in [0.2, 0.25) is 0 Å². The fraction of sp³-hybridized carbons (Fsp3) is 0.133. The molecule has 19 heavy (non-hydrogen) atoms. The van der Waals surface area contributed by atoms with Crippen LogP contribution in [0.4, 0.5) is 11.4 Å². The first-order chi connectivity index (χ1) is 9.16. The molecule has 2 aromatic rings. The normalized spacial score (nSPS) is 10.1. The third-order valence-corrected chi connectivity index (χ3v) is 2.76. The molecule has 0 saturated heterocycles. The predicted molar refractivity (Wildman–Crippen MR) is 75.7 cm³/mol. The number of nitrogens with two attached hydrogens (primary N) is 2. The molecule has 4 heteroatoms. The zero-order chi connectivity index (χ0) is 13.7. The average Bonchev–Trinajstić information content (AvgIpc) is 2.39. The van der Waals surface area contributed by atoms with E-state index in [4.69, 9.17) is 16.2 Å². The van der Waals surface area contributed by atoms with Crippen LogP contribution in [0, 0.1) is 0 Å². The van der Waals surface area contributed by atoms with Gasteiger partial charge in [0.25, 0.3) is 0 Å². The number of nitrogen functional groups attached to an aromatic ring is 2. The fourth-order valence-corrected chi connectivity index (χ4v) is 1.75. The summed E-state index contributed by atoms with van der Waals surface area (Å²) >= 11 is 0. The van der Waals surface area contributed by atoms with E-state index in [1.54, 1.807) is 18.2 Å². The SMILES string of the molecule is Nc1ccc(C(=O)OCCc2ccccc2)c(N)c1. The van der Waals surface area contributed by atoms with E-state index in [2.05, 4.69) is 0 Å². The average molecular weight is 256 g/mol. The van der Waals surface area contributed by atoms with Gasteiger partial charge in [-0.05, 0) is 23.8 Å². The maximum atomic E-state index is 11.8. The Labute approximate surface area is 112 Å². The number of anilines is 2. The largest absolute Gasteiger partial charge is 0.462 e. The molecule has 0 saturated carbocycles. The molecule has 0 heterocycles. The quantitative estimate of drug-likeness (QED) is 0.649. The van der Waals surface area contributed by atoms with Gasteiger partial charge in [-0.25, -0.2) is 4.79 Å². The zero-order valence-corrected chi connectivity index (χ0v) is 10.5. The van der Waals surface area contributed by atoms with Crippen molar-refractivity contribution in [3.05, 3.63) is 59.7 Å². The van der Waals surface area contributed by atoms with Gasteiger partial charge in [0.15, 0.2) is 0 Å². The van der Waals surface area contributed by atoms with Crippen molar-refractivity contribution in [3.8, 4) is 0 Å². The summed E-state index contributed by atoms with van der Waals surface area (Å²) in [5.74, 6) is -0.423. The molecule has 98 valence electrons. The van der Waals surface area contributed by atoms with Gasteiger partial charge in [0.05, 0.1) is 12.2 Å². The molecule has 0 atom stereocenters. The maximum absolute atomic E-state index is 11.8. The molecule has 2 rings (SSSR count). The van der Waals surface area contributed by atoms with E-state index in [-0.39, 0.29) is 0 Å². The van der Waals surface area contributed by atoms with Crippen molar-refractivity contribution < 1.29 is 9.53 Å². The summed E-state index contributed by atoms with van der Waals surface area (Å²) in [7, 11) is 0. The molecule has 0 aromatic heterocycles. The van der Waals surface area contributed by atoms with Crippen LogP contribution in [-0.2, 0) is 11.2 Å². The third kappa shape index (κ3) is 3.48. The van der Waals surface area contributed by atoms with Crippen molar-refractivity contribution in [2.24, 2.45) is 0 Å². The van der Waals surface area contributed by atoms with Gasteiger partial charge < -0.3 is 16.2 Å². The lowest BCUT2D eigenvalue weighted by molar-refractivity contribution is 0.0510. The summed E-state index contributed by atoms with van der Waals surface area (Å²) in [6.45, 7) is 0.326. The molecule has 2 aromatic carbocycles. The number of carbonyl (C=O) groups is 1. The van der Waals surface area contributed by atoms with Crippen molar-refractivity contribution in [2.45, 2.75) is 6.42 Å². The van der Waals surface area contributed by atoms with Crippen LogP contribution >= 0.6 is 0 Å². The summed E-state index contributed by atoms with van der Waals surface area (Å²) in [6, 6.07) is 14.6. The first kappa shape index (κ1) is 13.0. The van der Waals surface area contributed by atoms with Crippen LogP contribution in [0.15, 0.2) is 48.5 Å². The van der Waals surface area contributed by atoms with Gasteiger partial charge in [-0.3, -0.25) is 0 Å². The summed E-state index contributed by atoms with van der Waals surface area (Å²) in [5, 5.41) is 0. The highest BCUT2D eigenvalue weighted by atomic mass is 16.5. The number of ether oxygens (including phenoxy) is 1. The maximum Gasteiger partial charge on any atom is 0.340 e. The van der Waals surface area contributed by atoms with E-state index in [9.17, 15) is 4.79 Å². The number of carbonyl (C=O) groups excluding carboxylic acids is 1. The van der Waals surface area contributed by atoms with Crippen LogP contribution in [0.3, 0.4) is 0 Å². The summed E-state index contributed by atoms with van der Waals surface area (Å²) in [4.78, 5) is 11.8. The fourth-order valence-electron chi connectivity index (χ4n) is 1.75. The molecule has 4 nitrogen and oxygen atoms in total. The molecule has 4 N–H and O–H groups in total. The number of esters is 1. The Kier molecular flexibility index (Phi) is 4.03. The lowest BCUT2D eigenvalue weighted by atomic mass is 10.1. The van der Waals surface area contributed by atoms with Crippen molar-refractivity contribution >= 4 is 17.3 Å². The highest BCUT2D eigenvalue weighted by molar-refractivity contribution is 5.95. The molecule has 0 bridgehead atoms. The second-order valence-corrected chi connectivity index (χ2v) is 4.22. The summed E-state index contributed by atoms with van der Waals surface area (Å²) in [5.41, 5.74) is 13.6. The predicted octanol–water partition coefficient (Wildman–Crippen LogP) is 2.25. The minimum atomic E-state index is -0.423. The number of benzene rings is 2. The smallest absolute Gasteiger partial charge is 0.340 e. The first-order valence-electron chi connectivity index (χ1n) is 6.03. The molecule has 0 aliphatic carbocycles. The molecule has 0 aliphatic rings. The van der Waals surface area contributed by atoms with E-state index >= 15 is 0 Å². The van der Waals surface area contributed by atoms with Gasteiger partial charge in [0, 0.05) is 17.8 Å². The van der Waals surface area contributed by atoms with E-state index in [1.807, 2.05) is 30.3 Å². The standard InChI is InChI=1S/C15H16N2O2/c16-12-6-7-13(14(17)10-12)15(18)19-9-8-11-4-2-1-3-5-11/h1-7,10H,8-9,16-17H2. The number of hydrogen-bond acceptors (Lipinski definition) is 4. The van der Waals surface area contributed by atoms with Crippen molar-refractivity contribution in [3.63, 3.8) is 0 Å². The Morgan fingerprint density at radius 1 is 1.05 bits per heavy atom. The first-order valence-corrected chi connectivity index (χ1v) is 6.03. The minimum Gasteiger partial charge on any atom is -0.462 e. The van der Waals surface area contributed by atoms with Gasteiger partial charge in [0.2, 0.25) is 0 Å². The molecule has 0 amide bonds. The van der Waals surface area contributed by atoms with Crippen molar-refractivity contribution in [1.82, 2.24) is 0 Å². The second kappa shape index (κ2) is 5.91. The molecule has 0 unspecified atom stereocenters.